The second-order valence-electron chi connectivity index (χ2n) is 8.02. The molecule has 0 atom stereocenters. The van der Waals surface area contributed by atoms with Crippen LogP contribution in [0.3, 0.4) is 0 Å². The molecule has 0 radical (unpaired) electrons. The summed E-state index contributed by atoms with van der Waals surface area (Å²) in [7, 11) is -2.57. The Bertz CT molecular complexity index is 1240. The van der Waals surface area contributed by atoms with Gasteiger partial charge in [-0.05, 0) is 37.6 Å². The maximum absolute atomic E-state index is 13.0. The molecule has 9 nitrogen and oxygen atoms in total. The van der Waals surface area contributed by atoms with Crippen molar-refractivity contribution < 1.29 is 40.6 Å². The molecule has 2 aromatic rings. The maximum atomic E-state index is 13.0. The first-order chi connectivity index (χ1) is 17.9. The molecular weight excluding hydrogens is 551 g/mol. The van der Waals surface area contributed by atoms with Crippen LogP contribution in [0.4, 0.5) is 13.2 Å². The zero-order valence-corrected chi connectivity index (χ0v) is 22.6. The number of hydrogen-bond acceptors (Lipinski definition) is 7. The van der Waals surface area contributed by atoms with E-state index in [0.717, 1.165) is 12.8 Å². The molecule has 0 aliphatic carbocycles. The predicted molar refractivity (Wildman–Crippen MR) is 136 cm³/mol. The summed E-state index contributed by atoms with van der Waals surface area (Å²) in [5, 5.41) is -0.393. The molecular formula is C24H29ClF3N3O6S. The van der Waals surface area contributed by atoms with Crippen molar-refractivity contribution in [1.29, 1.82) is 0 Å². The Kier molecular flexibility index (Phi) is 11.8. The second kappa shape index (κ2) is 14.3. The first kappa shape index (κ1) is 31.3. The number of nitrogens with zero attached hydrogens (tertiary/aromatic N) is 1. The van der Waals surface area contributed by atoms with E-state index < -0.39 is 32.9 Å². The standard InChI is InChI=1S/C24H29ClF3N3O6S/c1-4-5-6-9-30-38(33,34)31-22(32)16(2)12-17-7-8-19(36-11-10-35-3)14-21(17)37-23-20(25)13-18(15-29-23)24(26,27)28/h7-8,12-15,30H,4-6,9-11H2,1-3H3,(H,31,32)/b16-12+. The minimum atomic E-state index is -4.64. The Morgan fingerprint density at radius 3 is 2.55 bits per heavy atom. The fraction of sp³-hybridized carbons (Fsp3) is 0.417. The molecule has 2 N–H and O–H groups in total. The van der Waals surface area contributed by atoms with E-state index in [1.165, 1.54) is 32.2 Å². The Balaban J connectivity index is 2.32. The molecule has 2 rings (SSSR count). The number of benzene rings is 1. The molecule has 1 amide bonds. The number of unbranched alkanes of at least 4 members (excludes halogenated alkanes) is 2. The van der Waals surface area contributed by atoms with Gasteiger partial charge in [-0.15, -0.1) is 0 Å². The van der Waals surface area contributed by atoms with Crippen LogP contribution in [0.25, 0.3) is 6.08 Å². The summed E-state index contributed by atoms with van der Waals surface area (Å²) in [6.07, 6.45) is -0.361. The van der Waals surface area contributed by atoms with E-state index in [0.29, 0.717) is 31.0 Å². The number of aromatic nitrogens is 1. The molecule has 1 aromatic carbocycles. The number of carbonyl (C=O) groups is 1. The van der Waals surface area contributed by atoms with Gasteiger partial charge in [-0.3, -0.25) is 4.79 Å². The zero-order valence-electron chi connectivity index (χ0n) is 21.0. The van der Waals surface area contributed by atoms with E-state index in [2.05, 4.69) is 9.71 Å². The Labute approximate surface area is 224 Å². The number of rotatable bonds is 14. The summed E-state index contributed by atoms with van der Waals surface area (Å²) >= 11 is 5.98. The number of ether oxygens (including phenoxy) is 3. The first-order valence-corrected chi connectivity index (χ1v) is 13.4. The van der Waals surface area contributed by atoms with Gasteiger partial charge in [-0.25, -0.2) is 9.71 Å². The van der Waals surface area contributed by atoms with Crippen molar-refractivity contribution in [3.63, 3.8) is 0 Å². The fourth-order valence-electron chi connectivity index (χ4n) is 2.93. The van der Waals surface area contributed by atoms with E-state index in [9.17, 15) is 26.4 Å². The lowest BCUT2D eigenvalue weighted by atomic mass is 10.1. The number of halogens is 4. The van der Waals surface area contributed by atoms with Crippen molar-refractivity contribution in [2.45, 2.75) is 39.3 Å². The van der Waals surface area contributed by atoms with Gasteiger partial charge < -0.3 is 14.2 Å². The zero-order chi connectivity index (χ0) is 28.3. The third kappa shape index (κ3) is 10.1. The topological polar surface area (TPSA) is 116 Å². The third-order valence-electron chi connectivity index (χ3n) is 4.91. The van der Waals surface area contributed by atoms with E-state index in [1.807, 2.05) is 11.6 Å². The number of alkyl halides is 3. The largest absolute Gasteiger partial charge is 0.491 e. The molecule has 38 heavy (non-hydrogen) atoms. The molecule has 0 bridgehead atoms. The molecule has 0 saturated carbocycles. The highest BCUT2D eigenvalue weighted by atomic mass is 35.5. The predicted octanol–water partition coefficient (Wildman–Crippen LogP) is 5.12. The normalized spacial score (nSPS) is 12.3. The second-order valence-corrected chi connectivity index (χ2v) is 9.92. The molecule has 1 aromatic heterocycles. The minimum Gasteiger partial charge on any atom is -0.491 e. The number of methoxy groups -OCH3 is 1. The molecule has 1 heterocycles. The highest BCUT2D eigenvalue weighted by Gasteiger charge is 2.32. The van der Waals surface area contributed by atoms with Gasteiger partial charge in [0.1, 0.15) is 23.1 Å². The van der Waals surface area contributed by atoms with Crippen LogP contribution in [-0.4, -0.2) is 46.2 Å². The number of carbonyl (C=O) groups excluding carboxylic acids is 1. The van der Waals surface area contributed by atoms with Crippen LogP contribution in [0.1, 0.15) is 44.2 Å². The minimum absolute atomic E-state index is 0.00769. The number of nitrogens with one attached hydrogen (secondary N) is 2. The van der Waals surface area contributed by atoms with Crippen molar-refractivity contribution in [1.82, 2.24) is 14.4 Å². The Morgan fingerprint density at radius 1 is 1.18 bits per heavy atom. The fourth-order valence-corrected chi connectivity index (χ4v) is 4.03. The third-order valence-corrected chi connectivity index (χ3v) is 6.22. The first-order valence-electron chi connectivity index (χ1n) is 11.5. The summed E-state index contributed by atoms with van der Waals surface area (Å²) in [5.41, 5.74) is -0.764. The van der Waals surface area contributed by atoms with Crippen LogP contribution in [0, 0.1) is 0 Å². The van der Waals surface area contributed by atoms with Gasteiger partial charge in [0, 0.05) is 37.1 Å². The van der Waals surface area contributed by atoms with Gasteiger partial charge in [0.05, 0.1) is 12.2 Å². The van der Waals surface area contributed by atoms with Gasteiger partial charge in [-0.1, -0.05) is 31.4 Å². The van der Waals surface area contributed by atoms with Gasteiger partial charge in [0.15, 0.2) is 0 Å². The average molecular weight is 580 g/mol. The summed E-state index contributed by atoms with van der Waals surface area (Å²) in [4.78, 5) is 16.2. The molecule has 0 unspecified atom stereocenters. The lowest BCUT2D eigenvalue weighted by molar-refractivity contribution is -0.137. The van der Waals surface area contributed by atoms with Crippen LogP contribution in [-0.2, 0) is 25.9 Å². The van der Waals surface area contributed by atoms with Crippen LogP contribution in [0.15, 0.2) is 36.0 Å². The number of amides is 1. The van der Waals surface area contributed by atoms with Gasteiger partial charge in [0.2, 0.25) is 5.88 Å². The summed E-state index contributed by atoms with van der Waals surface area (Å²) < 4.78 is 83.6. The van der Waals surface area contributed by atoms with E-state index in [-0.39, 0.29) is 35.9 Å². The van der Waals surface area contributed by atoms with Crippen molar-refractivity contribution >= 4 is 33.8 Å². The smallest absolute Gasteiger partial charge is 0.417 e. The van der Waals surface area contributed by atoms with Crippen LogP contribution >= 0.6 is 11.6 Å². The molecule has 0 fully saturated rings. The van der Waals surface area contributed by atoms with Crippen molar-refractivity contribution in [3.05, 3.63) is 52.2 Å². The van der Waals surface area contributed by atoms with Gasteiger partial charge in [-0.2, -0.15) is 26.3 Å². The monoisotopic (exact) mass is 579 g/mol. The van der Waals surface area contributed by atoms with Crippen molar-refractivity contribution in [2.75, 3.05) is 26.9 Å². The lowest BCUT2D eigenvalue weighted by Gasteiger charge is -2.14. The van der Waals surface area contributed by atoms with Gasteiger partial charge >= 0.3 is 16.4 Å². The summed E-state index contributed by atoms with van der Waals surface area (Å²) in [6.45, 7) is 4.04. The van der Waals surface area contributed by atoms with Crippen molar-refractivity contribution in [3.8, 4) is 17.4 Å². The maximum Gasteiger partial charge on any atom is 0.417 e. The quantitative estimate of drug-likeness (QED) is 0.236. The van der Waals surface area contributed by atoms with E-state index in [4.69, 9.17) is 25.8 Å². The number of hydrogen-bond donors (Lipinski definition) is 2. The highest BCUT2D eigenvalue weighted by molar-refractivity contribution is 7.88. The van der Waals surface area contributed by atoms with Crippen molar-refractivity contribution in [2.24, 2.45) is 0 Å². The molecule has 210 valence electrons. The van der Waals surface area contributed by atoms with Crippen LogP contribution in [0.2, 0.25) is 5.02 Å². The van der Waals surface area contributed by atoms with Crippen LogP contribution < -0.4 is 18.9 Å². The molecule has 0 spiro atoms. The summed E-state index contributed by atoms with van der Waals surface area (Å²) in [5.74, 6) is -0.825. The SMILES string of the molecule is CCCCCNS(=O)(=O)NC(=O)/C(C)=C/c1ccc(OCCOC)cc1Oc1ncc(C(F)(F)F)cc1Cl. The number of pyridine rings is 1. The van der Waals surface area contributed by atoms with E-state index >= 15 is 0 Å². The Hall–Kier alpha value is -2.87. The molecule has 0 aliphatic heterocycles. The molecule has 0 aliphatic rings. The summed E-state index contributed by atoms with van der Waals surface area (Å²) in [6, 6.07) is 5.18. The highest BCUT2D eigenvalue weighted by Crippen LogP contribution is 2.37. The lowest BCUT2D eigenvalue weighted by Crippen LogP contribution is -2.40. The van der Waals surface area contributed by atoms with Gasteiger partial charge in [0.25, 0.3) is 5.91 Å². The molecule has 0 saturated heterocycles. The average Bonchev–Trinajstić information content (AvgIpc) is 2.83. The Morgan fingerprint density at radius 2 is 1.92 bits per heavy atom. The van der Waals surface area contributed by atoms with Crippen LogP contribution in [0.5, 0.6) is 17.4 Å². The van der Waals surface area contributed by atoms with E-state index in [1.54, 1.807) is 6.07 Å². The molecule has 14 heteroatoms.